The van der Waals surface area contributed by atoms with Gasteiger partial charge in [0.1, 0.15) is 29.6 Å². The van der Waals surface area contributed by atoms with Gasteiger partial charge in [0, 0.05) is 19.4 Å². The fourth-order valence-electron chi connectivity index (χ4n) is 5.81. The third kappa shape index (κ3) is 8.60. The number of rotatable bonds is 12. The first-order valence-corrected chi connectivity index (χ1v) is 15.0. The minimum absolute atomic E-state index is 0.0768. The molecule has 11 heteroatoms. The number of nitrogens with zero attached hydrogens (tertiary/aromatic N) is 1. The zero-order chi connectivity index (χ0) is 32.7. The van der Waals surface area contributed by atoms with E-state index < -0.39 is 41.9 Å². The van der Waals surface area contributed by atoms with Crippen molar-refractivity contribution in [3.05, 3.63) is 94.5 Å². The molecule has 4 atom stereocenters. The number of hydrogen-bond acceptors (Lipinski definition) is 7. The minimum Gasteiger partial charge on any atom is -0.508 e. The van der Waals surface area contributed by atoms with E-state index in [0.717, 1.165) is 27.8 Å². The van der Waals surface area contributed by atoms with Gasteiger partial charge in [0.15, 0.2) is 0 Å². The molecule has 8 N–H and O–H groups in total. The van der Waals surface area contributed by atoms with E-state index in [4.69, 9.17) is 11.5 Å². The predicted molar refractivity (Wildman–Crippen MR) is 169 cm³/mol. The summed E-state index contributed by atoms with van der Waals surface area (Å²) < 4.78 is 0. The molecule has 0 saturated carbocycles. The van der Waals surface area contributed by atoms with E-state index in [1.807, 2.05) is 30.3 Å². The van der Waals surface area contributed by atoms with Crippen LogP contribution < -0.4 is 22.1 Å². The van der Waals surface area contributed by atoms with Crippen LogP contribution in [0.15, 0.2) is 66.7 Å². The molecule has 238 valence electrons. The normalized spacial score (nSPS) is 16.4. The van der Waals surface area contributed by atoms with Crippen LogP contribution in [0.4, 0.5) is 0 Å². The highest BCUT2D eigenvalue weighted by Crippen LogP contribution is 2.24. The molecule has 1 saturated heterocycles. The molecule has 4 rings (SSSR count). The monoisotopic (exact) mass is 615 g/mol. The van der Waals surface area contributed by atoms with Crippen LogP contribution in [0.2, 0.25) is 0 Å². The van der Waals surface area contributed by atoms with Gasteiger partial charge in [-0.1, -0.05) is 42.5 Å². The largest absolute Gasteiger partial charge is 0.508 e. The molecule has 0 aliphatic carbocycles. The summed E-state index contributed by atoms with van der Waals surface area (Å²) in [5.41, 5.74) is 15.7. The zero-order valence-electron chi connectivity index (χ0n) is 25.5. The number of nitrogens with one attached hydrogen (secondary N) is 2. The van der Waals surface area contributed by atoms with Gasteiger partial charge >= 0.3 is 0 Å². The molecule has 0 aromatic heterocycles. The average Bonchev–Trinajstić information content (AvgIpc) is 3.49. The number of nitrogens with two attached hydrogens (primary N) is 2. The molecule has 1 aliphatic rings. The van der Waals surface area contributed by atoms with E-state index in [-0.39, 0.29) is 36.7 Å². The van der Waals surface area contributed by atoms with Crippen LogP contribution in [0.25, 0.3) is 0 Å². The Hall–Kier alpha value is -4.90. The second-order valence-electron chi connectivity index (χ2n) is 11.6. The highest BCUT2D eigenvalue weighted by atomic mass is 16.3. The molecular weight excluding hydrogens is 574 g/mol. The third-order valence-electron chi connectivity index (χ3n) is 8.21. The summed E-state index contributed by atoms with van der Waals surface area (Å²) in [5, 5.41) is 25.1. The van der Waals surface area contributed by atoms with Crippen LogP contribution in [-0.2, 0) is 38.4 Å². The second-order valence-corrected chi connectivity index (χ2v) is 11.6. The minimum atomic E-state index is -1.11. The molecule has 0 radical (unpaired) electrons. The Labute approximate surface area is 262 Å². The smallest absolute Gasteiger partial charge is 0.243 e. The highest BCUT2D eigenvalue weighted by molar-refractivity contribution is 5.95. The highest BCUT2D eigenvalue weighted by Gasteiger charge is 2.38. The second kappa shape index (κ2) is 14.7. The third-order valence-corrected chi connectivity index (χ3v) is 8.21. The molecule has 4 amide bonds. The lowest BCUT2D eigenvalue weighted by Crippen LogP contribution is -2.58. The number of likely N-dealkylation sites (tertiary alicyclic amines) is 1. The number of carbonyl (C=O) groups is 4. The maximum Gasteiger partial charge on any atom is 0.243 e. The summed E-state index contributed by atoms with van der Waals surface area (Å²) in [4.78, 5) is 54.7. The van der Waals surface area contributed by atoms with Crippen molar-refractivity contribution in [2.24, 2.45) is 11.5 Å². The van der Waals surface area contributed by atoms with Crippen LogP contribution in [0.5, 0.6) is 11.5 Å². The Kier molecular flexibility index (Phi) is 10.8. The van der Waals surface area contributed by atoms with Gasteiger partial charge < -0.3 is 37.2 Å². The molecule has 0 unspecified atom stereocenters. The number of hydrogen-bond donors (Lipinski definition) is 6. The lowest BCUT2D eigenvalue weighted by Gasteiger charge is -2.29. The van der Waals surface area contributed by atoms with Crippen LogP contribution in [-0.4, -0.2) is 69.5 Å². The van der Waals surface area contributed by atoms with E-state index >= 15 is 0 Å². The SMILES string of the molecule is Cc1cc(O)cc(C)c1C[C@H](NC(=O)[C@@H]1CCCN1C(=O)[C@@H](N)Cc1ccc(O)cc1)C(=O)N[C@@H](Cc1ccccc1)C(N)=O. The van der Waals surface area contributed by atoms with Gasteiger partial charge in [-0.3, -0.25) is 19.2 Å². The standard InChI is InChI=1S/C34H41N5O6/c1-20-15-25(41)16-21(2)26(20)19-29(32(43)37-28(31(36)42)18-22-7-4-3-5-8-22)38-33(44)30-9-6-14-39(30)34(45)27(35)17-23-10-12-24(40)13-11-23/h3-5,7-8,10-13,15-16,27-30,40-41H,6,9,14,17-19,35H2,1-2H3,(H2,36,42)(H,37,43)(H,38,44)/t27-,28-,29-,30-/m0/s1. The van der Waals surface area contributed by atoms with Crippen LogP contribution >= 0.6 is 0 Å². The Morgan fingerprint density at radius 3 is 2.09 bits per heavy atom. The summed E-state index contributed by atoms with van der Waals surface area (Å²) >= 11 is 0. The number of benzene rings is 3. The summed E-state index contributed by atoms with van der Waals surface area (Å²) in [6, 6.07) is 14.8. The van der Waals surface area contributed by atoms with Crippen molar-refractivity contribution in [1.82, 2.24) is 15.5 Å². The number of primary amides is 1. The molecule has 3 aromatic rings. The average molecular weight is 616 g/mol. The lowest BCUT2D eigenvalue weighted by atomic mass is 9.95. The maximum atomic E-state index is 13.7. The Morgan fingerprint density at radius 1 is 0.844 bits per heavy atom. The van der Waals surface area contributed by atoms with Gasteiger partial charge in [-0.15, -0.1) is 0 Å². The summed E-state index contributed by atoms with van der Waals surface area (Å²) in [5.74, 6) is -2.03. The molecular formula is C34H41N5O6. The van der Waals surface area contributed by atoms with Crippen molar-refractivity contribution < 1.29 is 29.4 Å². The summed E-state index contributed by atoms with van der Waals surface area (Å²) in [7, 11) is 0. The van der Waals surface area contributed by atoms with Crippen molar-refractivity contribution in [3.63, 3.8) is 0 Å². The molecule has 45 heavy (non-hydrogen) atoms. The van der Waals surface area contributed by atoms with Crippen molar-refractivity contribution in [1.29, 1.82) is 0 Å². The van der Waals surface area contributed by atoms with E-state index in [1.54, 1.807) is 38.1 Å². The number of aryl methyl sites for hydroxylation is 2. The van der Waals surface area contributed by atoms with Crippen molar-refractivity contribution in [3.8, 4) is 11.5 Å². The fourth-order valence-corrected chi connectivity index (χ4v) is 5.81. The molecule has 0 bridgehead atoms. The first-order chi connectivity index (χ1) is 21.4. The quantitative estimate of drug-likeness (QED) is 0.178. The topological polar surface area (TPSA) is 188 Å². The van der Waals surface area contributed by atoms with Crippen LogP contribution in [0.3, 0.4) is 0 Å². The first kappa shape index (κ1) is 33.0. The molecule has 3 aromatic carbocycles. The molecule has 1 heterocycles. The van der Waals surface area contributed by atoms with Gasteiger partial charge in [0.05, 0.1) is 6.04 Å². The number of amides is 4. The van der Waals surface area contributed by atoms with Crippen molar-refractivity contribution in [2.45, 2.75) is 70.1 Å². The Morgan fingerprint density at radius 2 is 1.47 bits per heavy atom. The van der Waals surface area contributed by atoms with E-state index in [0.29, 0.717) is 19.4 Å². The molecule has 11 nitrogen and oxygen atoms in total. The van der Waals surface area contributed by atoms with E-state index in [9.17, 15) is 29.4 Å². The molecule has 1 aliphatic heterocycles. The fraction of sp³-hybridized carbons (Fsp3) is 0.353. The van der Waals surface area contributed by atoms with Crippen molar-refractivity contribution >= 4 is 23.6 Å². The van der Waals surface area contributed by atoms with Crippen LogP contribution in [0, 0.1) is 13.8 Å². The van der Waals surface area contributed by atoms with Crippen LogP contribution in [0.1, 0.15) is 40.7 Å². The number of carbonyl (C=O) groups excluding carboxylic acids is 4. The first-order valence-electron chi connectivity index (χ1n) is 15.0. The van der Waals surface area contributed by atoms with Gasteiger partial charge in [-0.2, -0.15) is 0 Å². The summed E-state index contributed by atoms with van der Waals surface area (Å²) in [6.45, 7) is 3.94. The molecule has 0 spiro atoms. The van der Waals surface area contributed by atoms with Gasteiger partial charge in [-0.05, 0) is 85.2 Å². The van der Waals surface area contributed by atoms with Gasteiger partial charge in [-0.25, -0.2) is 0 Å². The van der Waals surface area contributed by atoms with Gasteiger partial charge in [0.2, 0.25) is 23.6 Å². The van der Waals surface area contributed by atoms with Gasteiger partial charge in [0.25, 0.3) is 0 Å². The number of phenols is 2. The Balaban J connectivity index is 1.53. The van der Waals surface area contributed by atoms with E-state index in [1.165, 1.54) is 17.0 Å². The predicted octanol–water partition coefficient (Wildman–Crippen LogP) is 1.52. The molecule has 1 fully saturated rings. The zero-order valence-corrected chi connectivity index (χ0v) is 25.5. The summed E-state index contributed by atoms with van der Waals surface area (Å²) in [6.07, 6.45) is 1.46. The number of phenolic OH excluding ortho intramolecular Hbond substituents is 2. The maximum absolute atomic E-state index is 13.7. The van der Waals surface area contributed by atoms with Crippen molar-refractivity contribution in [2.75, 3.05) is 6.54 Å². The van der Waals surface area contributed by atoms with E-state index in [2.05, 4.69) is 10.6 Å². The number of aromatic hydroxyl groups is 2. The Bertz CT molecular complexity index is 1500. The lowest BCUT2D eigenvalue weighted by molar-refractivity contribution is -0.140.